The molecular formula is C18H16N4O4S. The van der Waals surface area contributed by atoms with Crippen LogP contribution in [0, 0.1) is 0 Å². The molecule has 4 aromatic rings. The average molecular weight is 384 g/mol. The van der Waals surface area contributed by atoms with E-state index in [0.29, 0.717) is 28.9 Å². The first-order valence-corrected chi connectivity index (χ1v) is 9.72. The first kappa shape index (κ1) is 17.3. The van der Waals surface area contributed by atoms with E-state index in [4.69, 9.17) is 4.52 Å². The van der Waals surface area contributed by atoms with E-state index in [9.17, 15) is 13.2 Å². The van der Waals surface area contributed by atoms with Crippen LogP contribution < -0.4 is 10.4 Å². The van der Waals surface area contributed by atoms with Gasteiger partial charge >= 0.3 is 5.69 Å². The molecule has 0 radical (unpaired) electrons. The number of sulfonamides is 1. The zero-order valence-electron chi connectivity index (χ0n) is 14.1. The molecule has 2 aromatic carbocycles. The van der Waals surface area contributed by atoms with Crippen LogP contribution >= 0.6 is 0 Å². The van der Waals surface area contributed by atoms with E-state index in [1.807, 2.05) is 30.3 Å². The maximum absolute atomic E-state index is 12.4. The second-order valence-electron chi connectivity index (χ2n) is 5.98. The molecule has 138 valence electrons. The Hall–Kier alpha value is -3.17. The maximum atomic E-state index is 12.4. The van der Waals surface area contributed by atoms with Gasteiger partial charge in [0.15, 0.2) is 5.76 Å². The lowest BCUT2D eigenvalue weighted by Gasteiger charge is -2.05. The van der Waals surface area contributed by atoms with Gasteiger partial charge < -0.3 is 14.5 Å². The van der Waals surface area contributed by atoms with Crippen molar-refractivity contribution in [2.24, 2.45) is 0 Å². The monoisotopic (exact) mass is 384 g/mol. The van der Waals surface area contributed by atoms with E-state index in [1.54, 1.807) is 12.1 Å². The molecule has 0 bridgehead atoms. The van der Waals surface area contributed by atoms with Crippen LogP contribution in [0.4, 0.5) is 0 Å². The van der Waals surface area contributed by atoms with Crippen molar-refractivity contribution in [3.63, 3.8) is 0 Å². The van der Waals surface area contributed by atoms with Crippen LogP contribution in [0.1, 0.15) is 5.69 Å². The second-order valence-corrected chi connectivity index (χ2v) is 7.75. The molecule has 27 heavy (non-hydrogen) atoms. The highest BCUT2D eigenvalue weighted by molar-refractivity contribution is 7.89. The summed E-state index contributed by atoms with van der Waals surface area (Å²) in [6, 6.07) is 15.7. The van der Waals surface area contributed by atoms with Crippen molar-refractivity contribution >= 4 is 21.1 Å². The van der Waals surface area contributed by atoms with Crippen LogP contribution in [-0.4, -0.2) is 30.1 Å². The zero-order valence-corrected chi connectivity index (χ0v) is 14.9. The summed E-state index contributed by atoms with van der Waals surface area (Å²) in [4.78, 5) is 16.5. The van der Waals surface area contributed by atoms with Crippen LogP contribution in [0.15, 0.2) is 68.8 Å². The summed E-state index contributed by atoms with van der Waals surface area (Å²) in [7, 11) is -3.70. The lowest BCUT2D eigenvalue weighted by Crippen LogP contribution is -2.26. The number of imidazole rings is 1. The molecule has 3 N–H and O–H groups in total. The fourth-order valence-corrected chi connectivity index (χ4v) is 3.80. The molecule has 0 spiro atoms. The highest BCUT2D eigenvalue weighted by Gasteiger charge is 2.15. The SMILES string of the molecule is O=c1[nH]c2ccc(S(=O)(=O)NCCc3cc(-c4ccccc4)on3)cc2[nH]1. The van der Waals surface area contributed by atoms with Gasteiger partial charge in [-0.25, -0.2) is 17.9 Å². The van der Waals surface area contributed by atoms with Crippen LogP contribution in [0.5, 0.6) is 0 Å². The maximum Gasteiger partial charge on any atom is 0.323 e. The summed E-state index contributed by atoms with van der Waals surface area (Å²) < 4.78 is 32.7. The number of aromatic nitrogens is 3. The van der Waals surface area contributed by atoms with Gasteiger partial charge in [0.2, 0.25) is 10.0 Å². The standard InChI is InChI=1S/C18H16N4O4S/c23-18-20-15-7-6-14(11-16(15)21-18)27(24,25)19-9-8-13-10-17(26-22-13)12-4-2-1-3-5-12/h1-7,10-11,19H,8-9H2,(H2,20,21,23). The summed E-state index contributed by atoms with van der Waals surface area (Å²) >= 11 is 0. The fraction of sp³-hybridized carbons (Fsp3) is 0.111. The topological polar surface area (TPSA) is 121 Å². The zero-order chi connectivity index (χ0) is 18.9. The molecule has 0 saturated heterocycles. The van der Waals surface area contributed by atoms with E-state index < -0.39 is 10.0 Å². The number of nitrogens with one attached hydrogen (secondary N) is 3. The van der Waals surface area contributed by atoms with Gasteiger partial charge in [0.05, 0.1) is 21.6 Å². The van der Waals surface area contributed by atoms with Gasteiger partial charge in [-0.1, -0.05) is 35.5 Å². The third-order valence-electron chi connectivity index (χ3n) is 4.09. The first-order valence-electron chi connectivity index (χ1n) is 8.24. The van der Waals surface area contributed by atoms with Crippen LogP contribution in [0.3, 0.4) is 0 Å². The van der Waals surface area contributed by atoms with Gasteiger partial charge in [-0.2, -0.15) is 0 Å². The summed E-state index contributed by atoms with van der Waals surface area (Å²) in [5.41, 5.74) is 2.17. The number of benzene rings is 2. The van der Waals surface area contributed by atoms with Gasteiger partial charge in [0, 0.05) is 24.6 Å². The third kappa shape index (κ3) is 3.69. The van der Waals surface area contributed by atoms with E-state index in [2.05, 4.69) is 19.8 Å². The van der Waals surface area contributed by atoms with E-state index in [0.717, 1.165) is 5.56 Å². The van der Waals surface area contributed by atoms with Gasteiger partial charge in [0.1, 0.15) is 0 Å². The number of aromatic amines is 2. The van der Waals surface area contributed by atoms with Crippen LogP contribution in [0.2, 0.25) is 0 Å². The predicted octanol–water partition coefficient (Wildman–Crippen LogP) is 2.03. The third-order valence-corrected chi connectivity index (χ3v) is 5.55. The molecule has 2 aromatic heterocycles. The van der Waals surface area contributed by atoms with Gasteiger partial charge in [0.25, 0.3) is 0 Å². The van der Waals surface area contributed by atoms with E-state index in [-0.39, 0.29) is 17.1 Å². The quantitative estimate of drug-likeness (QED) is 0.470. The number of H-pyrrole nitrogens is 2. The molecule has 0 amide bonds. The molecule has 0 unspecified atom stereocenters. The second kappa shape index (κ2) is 6.86. The summed E-state index contributed by atoms with van der Waals surface area (Å²) in [5, 5.41) is 3.97. The van der Waals surface area contributed by atoms with Crippen LogP contribution in [-0.2, 0) is 16.4 Å². The van der Waals surface area contributed by atoms with E-state index >= 15 is 0 Å². The van der Waals surface area contributed by atoms with Crippen molar-refractivity contribution in [3.05, 3.63) is 70.8 Å². The minimum absolute atomic E-state index is 0.0791. The molecule has 8 nitrogen and oxygen atoms in total. The number of hydrogen-bond acceptors (Lipinski definition) is 5. The molecule has 4 rings (SSSR count). The predicted molar refractivity (Wildman–Crippen MR) is 99.8 cm³/mol. The smallest absolute Gasteiger partial charge is 0.323 e. The Kier molecular flexibility index (Phi) is 4.38. The highest BCUT2D eigenvalue weighted by Crippen LogP contribution is 2.20. The Labute approximate surface area is 154 Å². The van der Waals surface area contributed by atoms with Crippen molar-refractivity contribution in [2.45, 2.75) is 11.3 Å². The highest BCUT2D eigenvalue weighted by atomic mass is 32.2. The summed E-state index contributed by atoms with van der Waals surface area (Å²) in [6.45, 7) is 0.171. The van der Waals surface area contributed by atoms with Crippen molar-refractivity contribution < 1.29 is 12.9 Å². The number of rotatable bonds is 6. The van der Waals surface area contributed by atoms with Crippen LogP contribution in [0.25, 0.3) is 22.4 Å². The van der Waals surface area contributed by atoms with Gasteiger partial charge in [-0.05, 0) is 18.2 Å². The number of hydrogen-bond donors (Lipinski definition) is 3. The Balaban J connectivity index is 1.43. The van der Waals surface area contributed by atoms with Gasteiger partial charge in [-0.3, -0.25) is 0 Å². The Morgan fingerprint density at radius 3 is 2.59 bits per heavy atom. The number of nitrogens with zero attached hydrogens (tertiary/aromatic N) is 1. The van der Waals surface area contributed by atoms with Crippen molar-refractivity contribution in [3.8, 4) is 11.3 Å². The Morgan fingerprint density at radius 1 is 1.00 bits per heavy atom. The molecule has 0 aliphatic rings. The minimum Gasteiger partial charge on any atom is -0.356 e. The lowest BCUT2D eigenvalue weighted by molar-refractivity contribution is 0.423. The van der Waals surface area contributed by atoms with Crippen molar-refractivity contribution in [1.82, 2.24) is 19.8 Å². The first-order chi connectivity index (χ1) is 13.0. The molecule has 0 aliphatic heterocycles. The summed E-state index contributed by atoms with van der Waals surface area (Å²) in [5.74, 6) is 0.635. The normalized spacial score (nSPS) is 11.9. The molecule has 0 fully saturated rings. The summed E-state index contributed by atoms with van der Waals surface area (Å²) in [6.07, 6.45) is 0.388. The van der Waals surface area contributed by atoms with Gasteiger partial charge in [-0.15, -0.1) is 0 Å². The molecule has 2 heterocycles. The Bertz CT molecular complexity index is 1240. The molecule has 0 aliphatic carbocycles. The average Bonchev–Trinajstić information content (AvgIpc) is 3.27. The lowest BCUT2D eigenvalue weighted by atomic mass is 10.1. The van der Waals surface area contributed by atoms with Crippen molar-refractivity contribution in [1.29, 1.82) is 0 Å². The number of fused-ring (bicyclic) bond motifs is 1. The minimum atomic E-state index is -3.70. The largest absolute Gasteiger partial charge is 0.356 e. The molecular weight excluding hydrogens is 368 g/mol. The molecule has 0 saturated carbocycles. The Morgan fingerprint density at radius 2 is 1.78 bits per heavy atom. The van der Waals surface area contributed by atoms with E-state index in [1.165, 1.54) is 12.1 Å². The van der Waals surface area contributed by atoms with Crippen molar-refractivity contribution in [2.75, 3.05) is 6.54 Å². The molecule has 9 heteroatoms. The molecule has 0 atom stereocenters. The fourth-order valence-electron chi connectivity index (χ4n) is 2.74.